The number of hydrogen-bond donors (Lipinski definition) is 0. The minimum atomic E-state index is -0.0583. The third kappa shape index (κ3) is 1.38. The fourth-order valence-corrected chi connectivity index (χ4v) is 4.68. The molecule has 2 bridgehead atoms. The van der Waals surface area contributed by atoms with E-state index in [1.165, 1.54) is 43.8 Å². The maximum absolute atomic E-state index is 12.9. The molecule has 0 spiro atoms. The summed E-state index contributed by atoms with van der Waals surface area (Å²) in [4.78, 5) is 12.9. The summed E-state index contributed by atoms with van der Waals surface area (Å²) < 4.78 is 0. The summed E-state index contributed by atoms with van der Waals surface area (Å²) in [6.07, 6.45) is 0. The van der Waals surface area contributed by atoms with Crippen molar-refractivity contribution < 1.29 is 4.79 Å². The minimum Gasteiger partial charge on any atom is -0.298 e. The number of benzene rings is 4. The lowest BCUT2D eigenvalue weighted by Gasteiger charge is -2.18. The Morgan fingerprint density at radius 3 is 1.46 bits per heavy atom. The molecule has 24 heavy (non-hydrogen) atoms. The van der Waals surface area contributed by atoms with Crippen LogP contribution in [-0.2, 0) is 4.79 Å². The standard InChI is InChI=1S/C23H14O/c24-23-21-17-7-3-4-8-18(17)22(23)20-12-16-10-14-6-2-1-5-13(14)9-15(16)11-19(20)21/h1-12,21-22H/t21-,22?/m1/s1. The molecule has 1 heteroatoms. The van der Waals surface area contributed by atoms with E-state index >= 15 is 0 Å². The monoisotopic (exact) mass is 306 g/mol. The molecule has 1 nitrogen and oxygen atoms in total. The van der Waals surface area contributed by atoms with Crippen molar-refractivity contribution in [2.45, 2.75) is 11.8 Å². The Bertz CT molecular complexity index is 1090. The Morgan fingerprint density at radius 2 is 0.958 bits per heavy atom. The highest BCUT2D eigenvalue weighted by Gasteiger charge is 2.48. The predicted octanol–water partition coefficient (Wildman–Crippen LogP) is 5.15. The summed E-state index contributed by atoms with van der Waals surface area (Å²) in [7, 11) is 0. The summed E-state index contributed by atoms with van der Waals surface area (Å²) in [5.74, 6) is 0.236. The fraction of sp³-hybridized carbons (Fsp3) is 0.0870. The van der Waals surface area contributed by atoms with Gasteiger partial charge < -0.3 is 0 Å². The minimum absolute atomic E-state index is 0.0583. The lowest BCUT2D eigenvalue weighted by atomic mass is 9.84. The van der Waals surface area contributed by atoms with Gasteiger partial charge in [0.25, 0.3) is 0 Å². The highest BCUT2D eigenvalue weighted by Crippen LogP contribution is 2.54. The number of carbonyl (C=O) groups excluding carboxylic acids is 1. The fourth-order valence-electron chi connectivity index (χ4n) is 4.68. The molecule has 6 rings (SSSR count). The third-order valence-corrected chi connectivity index (χ3v) is 5.72. The van der Waals surface area contributed by atoms with Gasteiger partial charge in [-0.2, -0.15) is 0 Å². The normalized spacial score (nSPS) is 20.6. The largest absolute Gasteiger partial charge is 0.298 e. The molecule has 0 radical (unpaired) electrons. The number of ketones is 1. The lowest BCUT2D eigenvalue weighted by molar-refractivity contribution is -0.118. The number of carbonyl (C=O) groups is 1. The van der Waals surface area contributed by atoms with Gasteiger partial charge in [0, 0.05) is 0 Å². The molecular weight excluding hydrogens is 292 g/mol. The maximum atomic E-state index is 12.9. The quantitative estimate of drug-likeness (QED) is 0.410. The van der Waals surface area contributed by atoms with E-state index in [1.54, 1.807) is 0 Å². The predicted molar refractivity (Wildman–Crippen MR) is 96.6 cm³/mol. The van der Waals surface area contributed by atoms with Gasteiger partial charge in [-0.15, -0.1) is 0 Å². The van der Waals surface area contributed by atoms with Gasteiger partial charge in [0.15, 0.2) is 5.78 Å². The topological polar surface area (TPSA) is 17.1 Å². The molecule has 0 amide bonds. The van der Waals surface area contributed by atoms with Gasteiger partial charge in [0.2, 0.25) is 0 Å². The highest BCUT2D eigenvalue weighted by molar-refractivity contribution is 6.09. The number of fused-ring (bicyclic) bond motifs is 10. The van der Waals surface area contributed by atoms with Crippen LogP contribution >= 0.6 is 0 Å². The van der Waals surface area contributed by atoms with Gasteiger partial charge in [0.05, 0.1) is 11.8 Å². The van der Waals surface area contributed by atoms with Gasteiger partial charge in [0.1, 0.15) is 0 Å². The smallest absolute Gasteiger partial charge is 0.156 e. The molecule has 4 aromatic rings. The second-order valence-electron chi connectivity index (χ2n) is 6.92. The van der Waals surface area contributed by atoms with E-state index in [4.69, 9.17) is 0 Å². The van der Waals surface area contributed by atoms with Crippen LogP contribution in [0.1, 0.15) is 34.1 Å². The van der Waals surface area contributed by atoms with E-state index < -0.39 is 0 Å². The van der Waals surface area contributed by atoms with Gasteiger partial charge in [-0.1, -0.05) is 48.5 Å². The highest BCUT2D eigenvalue weighted by atomic mass is 16.1. The Kier molecular flexibility index (Phi) is 2.15. The van der Waals surface area contributed by atoms with Crippen molar-refractivity contribution in [2.24, 2.45) is 0 Å². The average molecular weight is 306 g/mol. The zero-order chi connectivity index (χ0) is 15.8. The van der Waals surface area contributed by atoms with E-state index in [9.17, 15) is 4.79 Å². The van der Waals surface area contributed by atoms with Gasteiger partial charge in [-0.3, -0.25) is 4.79 Å². The molecule has 2 aliphatic carbocycles. The summed E-state index contributed by atoms with van der Waals surface area (Å²) in [5, 5.41) is 4.95. The van der Waals surface area contributed by atoms with Crippen molar-refractivity contribution in [3.05, 3.63) is 95.1 Å². The Morgan fingerprint density at radius 1 is 0.500 bits per heavy atom. The molecule has 0 saturated carbocycles. The SMILES string of the molecule is O=C1C2c3ccccc3[C@@H]1c1cc3cc4ccccc4cc3cc12. The molecule has 4 aromatic carbocycles. The molecule has 0 aliphatic heterocycles. The van der Waals surface area contributed by atoms with Crippen LogP contribution in [0.25, 0.3) is 21.5 Å². The molecular formula is C23H14O. The van der Waals surface area contributed by atoms with Crippen LogP contribution < -0.4 is 0 Å². The van der Waals surface area contributed by atoms with Crippen LogP contribution in [0.15, 0.2) is 72.8 Å². The van der Waals surface area contributed by atoms with E-state index in [1.807, 2.05) is 12.1 Å². The zero-order valence-corrected chi connectivity index (χ0v) is 13.0. The first-order valence-corrected chi connectivity index (χ1v) is 8.40. The van der Waals surface area contributed by atoms with E-state index in [0.717, 1.165) is 0 Å². The molecule has 0 fully saturated rings. The number of Topliss-reactive ketones (excluding diaryl/α,β-unsaturated/α-hetero) is 1. The first-order chi connectivity index (χ1) is 11.8. The van der Waals surface area contributed by atoms with Crippen molar-refractivity contribution in [2.75, 3.05) is 0 Å². The van der Waals surface area contributed by atoms with E-state index in [2.05, 4.69) is 60.7 Å². The molecule has 112 valence electrons. The Hall–Kier alpha value is -2.93. The van der Waals surface area contributed by atoms with Crippen LogP contribution in [0, 0.1) is 0 Å². The van der Waals surface area contributed by atoms with Crippen LogP contribution in [0.4, 0.5) is 0 Å². The summed E-state index contributed by atoms with van der Waals surface area (Å²) in [6.45, 7) is 0. The van der Waals surface area contributed by atoms with Crippen molar-refractivity contribution in [1.82, 2.24) is 0 Å². The molecule has 2 aliphatic rings. The summed E-state index contributed by atoms with van der Waals surface area (Å²) in [5.41, 5.74) is 4.85. The molecule has 0 saturated heterocycles. The van der Waals surface area contributed by atoms with Crippen LogP contribution in [0.2, 0.25) is 0 Å². The van der Waals surface area contributed by atoms with Crippen molar-refractivity contribution >= 4 is 27.3 Å². The lowest BCUT2D eigenvalue weighted by Crippen LogP contribution is -2.02. The van der Waals surface area contributed by atoms with Gasteiger partial charge in [-0.25, -0.2) is 0 Å². The molecule has 0 N–H and O–H groups in total. The van der Waals surface area contributed by atoms with Crippen LogP contribution in [-0.4, -0.2) is 5.78 Å². The first-order valence-electron chi connectivity index (χ1n) is 8.40. The Balaban J connectivity index is 1.68. The van der Waals surface area contributed by atoms with Crippen molar-refractivity contribution in [1.29, 1.82) is 0 Å². The van der Waals surface area contributed by atoms with E-state index in [0.29, 0.717) is 5.78 Å². The number of hydrogen-bond acceptors (Lipinski definition) is 1. The second kappa shape index (κ2) is 4.12. The third-order valence-electron chi connectivity index (χ3n) is 5.72. The van der Waals surface area contributed by atoms with Crippen LogP contribution in [0.3, 0.4) is 0 Å². The molecule has 0 aromatic heterocycles. The average Bonchev–Trinajstić information content (AvgIpc) is 3.05. The maximum Gasteiger partial charge on any atom is 0.156 e. The molecule has 0 heterocycles. The van der Waals surface area contributed by atoms with E-state index in [-0.39, 0.29) is 11.8 Å². The first kappa shape index (κ1) is 12.5. The Labute approximate surface area is 139 Å². The summed E-state index contributed by atoms with van der Waals surface area (Å²) in [6, 6.07) is 25.7. The second-order valence-corrected chi connectivity index (χ2v) is 6.92. The molecule has 2 atom stereocenters. The number of rotatable bonds is 0. The summed E-state index contributed by atoms with van der Waals surface area (Å²) >= 11 is 0. The van der Waals surface area contributed by atoms with Crippen molar-refractivity contribution in [3.8, 4) is 0 Å². The van der Waals surface area contributed by atoms with Gasteiger partial charge >= 0.3 is 0 Å². The van der Waals surface area contributed by atoms with Gasteiger partial charge in [-0.05, 0) is 68.1 Å². The van der Waals surface area contributed by atoms with Crippen molar-refractivity contribution in [3.63, 3.8) is 0 Å². The van der Waals surface area contributed by atoms with Crippen LogP contribution in [0.5, 0.6) is 0 Å². The molecule has 1 unspecified atom stereocenters. The zero-order valence-electron chi connectivity index (χ0n) is 13.0.